The van der Waals surface area contributed by atoms with Gasteiger partial charge in [0.1, 0.15) is 5.75 Å². The number of halogens is 2. The number of benzene rings is 2. The van der Waals surface area contributed by atoms with Crippen molar-refractivity contribution in [2.45, 2.75) is 6.92 Å². The second-order valence-electron chi connectivity index (χ2n) is 5.14. The summed E-state index contributed by atoms with van der Waals surface area (Å²) in [7, 11) is 0. The summed E-state index contributed by atoms with van der Waals surface area (Å²) >= 11 is 4.10. The van der Waals surface area contributed by atoms with Crippen LogP contribution in [0.1, 0.15) is 11.1 Å². The second-order valence-corrected chi connectivity index (χ2v) is 7.54. The third-order valence-electron chi connectivity index (χ3n) is 3.12. The molecule has 0 bridgehead atoms. The van der Waals surface area contributed by atoms with E-state index in [1.54, 1.807) is 25.1 Å². The molecule has 0 fully saturated rings. The molecule has 0 saturated carbocycles. The van der Waals surface area contributed by atoms with Crippen molar-refractivity contribution >= 4 is 63.0 Å². The predicted octanol–water partition coefficient (Wildman–Crippen LogP) is 3.35. The van der Waals surface area contributed by atoms with Gasteiger partial charge in [0.05, 0.1) is 14.7 Å². The van der Waals surface area contributed by atoms with Gasteiger partial charge in [-0.2, -0.15) is 5.10 Å². The number of carbonyl (C=O) groups excluding carboxylic acids is 1. The lowest BCUT2D eigenvalue weighted by atomic mass is 10.2. The van der Waals surface area contributed by atoms with Crippen LogP contribution in [-0.4, -0.2) is 28.8 Å². The Bertz CT molecular complexity index is 886. The molecule has 0 aliphatic heterocycles. The van der Waals surface area contributed by atoms with Crippen molar-refractivity contribution in [3.63, 3.8) is 0 Å². The number of nitrogens with one attached hydrogen (secondary N) is 1. The van der Waals surface area contributed by atoms with Gasteiger partial charge in [0.25, 0.3) is 5.91 Å². The Kier molecular flexibility index (Phi) is 7.14. The van der Waals surface area contributed by atoms with Crippen molar-refractivity contribution in [2.24, 2.45) is 5.10 Å². The highest BCUT2D eigenvalue weighted by Gasteiger charge is 2.16. The average molecular weight is 581 g/mol. The monoisotopic (exact) mass is 581 g/mol. The molecule has 2 N–H and O–H groups in total. The van der Waals surface area contributed by atoms with E-state index < -0.39 is 17.4 Å². The third-order valence-corrected chi connectivity index (χ3v) is 4.57. The molecule has 0 heterocycles. The first-order valence-electron chi connectivity index (χ1n) is 7.15. The molecule has 1 amide bonds. The number of carbonyl (C=O) groups is 1. The number of ether oxygens (including phenoxy) is 1. The fourth-order valence-corrected chi connectivity index (χ4v) is 3.82. The van der Waals surface area contributed by atoms with Crippen molar-refractivity contribution in [1.29, 1.82) is 0 Å². The van der Waals surface area contributed by atoms with Gasteiger partial charge in [-0.25, -0.2) is 5.43 Å². The van der Waals surface area contributed by atoms with Crippen LogP contribution < -0.4 is 10.2 Å². The molecule has 8 nitrogen and oxygen atoms in total. The molecule has 0 aromatic heterocycles. The number of nitrogens with zero attached hydrogens (tertiary/aromatic N) is 2. The minimum Gasteiger partial charge on any atom is -0.506 e. The van der Waals surface area contributed by atoms with Crippen LogP contribution in [0.2, 0.25) is 0 Å². The lowest BCUT2D eigenvalue weighted by Gasteiger charge is -2.06. The SMILES string of the molecule is Cc1ccc(OCC(=O)NN=Cc2cc(I)cc(I)c2O)c([N+](=O)[O-])c1. The van der Waals surface area contributed by atoms with Crippen molar-refractivity contribution in [2.75, 3.05) is 6.61 Å². The van der Waals surface area contributed by atoms with E-state index in [1.807, 2.05) is 22.6 Å². The summed E-state index contributed by atoms with van der Waals surface area (Å²) in [5.41, 5.74) is 3.21. The maximum atomic E-state index is 11.8. The zero-order valence-electron chi connectivity index (χ0n) is 13.4. The molecule has 10 heteroatoms. The van der Waals surface area contributed by atoms with Crippen LogP contribution in [0.25, 0.3) is 0 Å². The van der Waals surface area contributed by atoms with Crippen LogP contribution in [-0.2, 0) is 4.79 Å². The fourth-order valence-electron chi connectivity index (χ4n) is 1.93. The zero-order valence-corrected chi connectivity index (χ0v) is 17.7. The van der Waals surface area contributed by atoms with E-state index in [9.17, 15) is 20.0 Å². The maximum absolute atomic E-state index is 11.8. The summed E-state index contributed by atoms with van der Waals surface area (Å²) in [5.74, 6) is -0.518. The van der Waals surface area contributed by atoms with Crippen LogP contribution in [0.5, 0.6) is 11.5 Å². The molecule has 0 aliphatic carbocycles. The Labute approximate surface area is 176 Å². The first-order valence-corrected chi connectivity index (χ1v) is 9.31. The smallest absolute Gasteiger partial charge is 0.311 e. The Morgan fingerprint density at radius 2 is 2.12 bits per heavy atom. The quantitative estimate of drug-likeness (QED) is 0.235. The van der Waals surface area contributed by atoms with Crippen molar-refractivity contribution in [3.05, 3.63) is 58.7 Å². The maximum Gasteiger partial charge on any atom is 0.311 e. The summed E-state index contributed by atoms with van der Waals surface area (Å²) < 4.78 is 6.77. The number of nitro benzene ring substituents is 1. The van der Waals surface area contributed by atoms with E-state index in [0.29, 0.717) is 14.7 Å². The highest BCUT2D eigenvalue weighted by Crippen LogP contribution is 2.27. The lowest BCUT2D eigenvalue weighted by molar-refractivity contribution is -0.385. The molecule has 0 spiro atoms. The van der Waals surface area contributed by atoms with Gasteiger partial charge in [-0.1, -0.05) is 6.07 Å². The molecule has 0 unspecified atom stereocenters. The van der Waals surface area contributed by atoms with Crippen molar-refractivity contribution in [1.82, 2.24) is 5.43 Å². The number of aromatic hydroxyl groups is 1. The Balaban J connectivity index is 1.97. The summed E-state index contributed by atoms with van der Waals surface area (Å²) in [6.45, 7) is 1.29. The fraction of sp³-hybridized carbons (Fsp3) is 0.125. The minimum absolute atomic E-state index is 0.00420. The summed E-state index contributed by atoms with van der Waals surface area (Å²) in [6, 6.07) is 7.97. The Morgan fingerprint density at radius 1 is 1.38 bits per heavy atom. The van der Waals surface area contributed by atoms with Gasteiger partial charge in [-0.3, -0.25) is 14.9 Å². The number of hydrogen-bond acceptors (Lipinski definition) is 6. The van der Waals surface area contributed by atoms with E-state index in [1.165, 1.54) is 18.3 Å². The van der Waals surface area contributed by atoms with E-state index in [4.69, 9.17) is 4.74 Å². The first-order chi connectivity index (χ1) is 12.3. The topological polar surface area (TPSA) is 114 Å². The van der Waals surface area contributed by atoms with Crippen LogP contribution in [0.4, 0.5) is 5.69 Å². The molecular weight excluding hydrogens is 568 g/mol. The number of amides is 1. The molecule has 26 heavy (non-hydrogen) atoms. The average Bonchev–Trinajstić information content (AvgIpc) is 2.57. The van der Waals surface area contributed by atoms with Crippen LogP contribution in [0.3, 0.4) is 0 Å². The normalized spacial score (nSPS) is 10.7. The second kappa shape index (κ2) is 9.12. The van der Waals surface area contributed by atoms with Gasteiger partial charge >= 0.3 is 5.69 Å². The van der Waals surface area contributed by atoms with Gasteiger partial charge in [-0.05, 0) is 75.9 Å². The highest BCUT2D eigenvalue weighted by molar-refractivity contribution is 14.1. The van der Waals surface area contributed by atoms with Crippen molar-refractivity contribution < 1.29 is 19.6 Å². The Hall–Kier alpha value is -1.96. The predicted molar refractivity (Wildman–Crippen MR) is 113 cm³/mol. The molecule has 0 aliphatic rings. The number of hydrogen-bond donors (Lipinski definition) is 2. The standard InChI is InChI=1S/C16H13I2N3O5/c1-9-2-3-14(13(4-9)21(24)25)26-8-15(22)20-19-7-10-5-11(17)6-12(18)16(10)23/h2-7,23H,8H2,1H3,(H,20,22). The molecule has 136 valence electrons. The molecule has 0 saturated heterocycles. The molecular formula is C16H13I2N3O5. The highest BCUT2D eigenvalue weighted by atomic mass is 127. The van der Waals surface area contributed by atoms with Gasteiger partial charge in [0.2, 0.25) is 0 Å². The third kappa shape index (κ3) is 5.52. The molecule has 2 aromatic carbocycles. The van der Waals surface area contributed by atoms with Gasteiger partial charge in [-0.15, -0.1) is 0 Å². The molecule has 2 rings (SSSR count). The van der Waals surface area contributed by atoms with Crippen LogP contribution >= 0.6 is 45.2 Å². The van der Waals surface area contributed by atoms with Gasteiger partial charge < -0.3 is 9.84 Å². The number of hydrazone groups is 1. The number of nitro groups is 1. The summed E-state index contributed by atoms with van der Waals surface area (Å²) in [6.07, 6.45) is 1.31. The first kappa shape index (κ1) is 20.4. The zero-order chi connectivity index (χ0) is 19.3. The minimum atomic E-state index is -0.587. The van der Waals surface area contributed by atoms with E-state index in [-0.39, 0.29) is 17.2 Å². The van der Waals surface area contributed by atoms with Crippen LogP contribution in [0, 0.1) is 24.2 Å². The van der Waals surface area contributed by atoms with E-state index in [2.05, 4.69) is 33.1 Å². The van der Waals surface area contributed by atoms with Gasteiger partial charge in [0, 0.05) is 15.2 Å². The van der Waals surface area contributed by atoms with E-state index >= 15 is 0 Å². The van der Waals surface area contributed by atoms with Crippen molar-refractivity contribution in [3.8, 4) is 11.5 Å². The largest absolute Gasteiger partial charge is 0.506 e. The van der Waals surface area contributed by atoms with Crippen LogP contribution in [0.15, 0.2) is 35.4 Å². The summed E-state index contributed by atoms with van der Waals surface area (Å²) in [5, 5.41) is 24.7. The molecule has 2 aromatic rings. The number of phenolic OH excluding ortho intramolecular Hbond substituents is 1. The molecule has 0 radical (unpaired) electrons. The number of aryl methyl sites for hydroxylation is 1. The van der Waals surface area contributed by atoms with E-state index in [0.717, 1.165) is 3.57 Å². The van der Waals surface area contributed by atoms with Gasteiger partial charge in [0.15, 0.2) is 12.4 Å². The number of phenols is 1. The molecule has 0 atom stereocenters. The number of rotatable bonds is 6. The summed E-state index contributed by atoms with van der Waals surface area (Å²) in [4.78, 5) is 22.2. The lowest BCUT2D eigenvalue weighted by Crippen LogP contribution is -2.24. The Morgan fingerprint density at radius 3 is 2.81 bits per heavy atom.